The molecular weight excluding hydrogens is 333 g/mol. The maximum Gasteiger partial charge on any atom is 0.166 e. The van der Waals surface area contributed by atoms with Crippen molar-refractivity contribution in [2.45, 2.75) is 26.2 Å². The minimum atomic E-state index is -0.447. The van der Waals surface area contributed by atoms with E-state index in [2.05, 4.69) is 5.32 Å². The van der Waals surface area contributed by atoms with Crippen LogP contribution < -0.4 is 14.8 Å². The predicted molar refractivity (Wildman–Crippen MR) is 92.1 cm³/mol. The summed E-state index contributed by atoms with van der Waals surface area (Å²) in [4.78, 5) is 0. The van der Waals surface area contributed by atoms with E-state index in [1.807, 2.05) is 12.1 Å². The highest BCUT2D eigenvalue weighted by Crippen LogP contribution is 2.32. The van der Waals surface area contributed by atoms with Crippen LogP contribution in [-0.2, 0) is 13.2 Å². The topological polar surface area (TPSA) is 50.7 Å². The van der Waals surface area contributed by atoms with Crippen molar-refractivity contribution < 1.29 is 19.0 Å². The quantitative estimate of drug-likeness (QED) is 0.762. The molecular formula is C18H21ClFNO3. The number of para-hydroxylation sites is 1. The minimum Gasteiger partial charge on any atom is -0.493 e. The summed E-state index contributed by atoms with van der Waals surface area (Å²) in [6.45, 7) is 2.64. The second kappa shape index (κ2) is 8.87. The zero-order chi connectivity index (χ0) is 17.5. The van der Waals surface area contributed by atoms with Gasteiger partial charge in [-0.1, -0.05) is 29.8 Å². The van der Waals surface area contributed by atoms with Crippen molar-refractivity contribution >= 4 is 11.6 Å². The molecule has 0 saturated heterocycles. The summed E-state index contributed by atoms with van der Waals surface area (Å²) >= 11 is 6.04. The van der Waals surface area contributed by atoms with Gasteiger partial charge in [-0.15, -0.1) is 0 Å². The van der Waals surface area contributed by atoms with E-state index in [1.54, 1.807) is 32.2 Å². The highest BCUT2D eigenvalue weighted by Gasteiger charge is 2.14. The molecule has 130 valence electrons. The molecule has 2 aromatic carbocycles. The number of aliphatic hydroxyl groups is 1. The fourth-order valence-electron chi connectivity index (χ4n) is 2.26. The minimum absolute atomic E-state index is 0.00468. The molecule has 6 heteroatoms. The Hall–Kier alpha value is -1.82. The van der Waals surface area contributed by atoms with Crippen LogP contribution in [0, 0.1) is 5.82 Å². The van der Waals surface area contributed by atoms with Gasteiger partial charge in [0.2, 0.25) is 0 Å². The number of nitrogens with one attached hydrogen (secondary N) is 1. The van der Waals surface area contributed by atoms with Gasteiger partial charge in [0.15, 0.2) is 11.5 Å². The Bertz CT molecular complexity index is 659. The fraction of sp³-hybridized carbons (Fsp3) is 0.333. The number of rotatable bonds is 8. The first-order chi connectivity index (χ1) is 11.5. The maximum atomic E-state index is 13.9. The highest BCUT2D eigenvalue weighted by atomic mass is 35.5. The summed E-state index contributed by atoms with van der Waals surface area (Å²) in [6, 6.07) is 10.0. The van der Waals surface area contributed by atoms with Crippen molar-refractivity contribution in [1.29, 1.82) is 0 Å². The maximum absolute atomic E-state index is 13.9. The predicted octanol–water partition coefficient (Wildman–Crippen LogP) is 3.54. The zero-order valence-electron chi connectivity index (χ0n) is 13.7. The van der Waals surface area contributed by atoms with Gasteiger partial charge < -0.3 is 19.9 Å². The van der Waals surface area contributed by atoms with E-state index in [0.717, 1.165) is 5.56 Å². The Labute approximate surface area is 146 Å². The number of aliphatic hydroxyl groups excluding tert-OH is 1. The normalized spacial score (nSPS) is 12.0. The lowest BCUT2D eigenvalue weighted by atomic mass is 10.1. The summed E-state index contributed by atoms with van der Waals surface area (Å²) < 4.78 is 25.0. The van der Waals surface area contributed by atoms with Gasteiger partial charge in [-0.05, 0) is 25.1 Å². The van der Waals surface area contributed by atoms with Crippen molar-refractivity contribution in [3.8, 4) is 11.5 Å². The molecule has 1 atom stereocenters. The van der Waals surface area contributed by atoms with E-state index in [-0.39, 0.29) is 6.61 Å². The number of methoxy groups -OCH3 is 1. The highest BCUT2D eigenvalue weighted by molar-refractivity contribution is 6.31. The lowest BCUT2D eigenvalue weighted by molar-refractivity contribution is 0.190. The van der Waals surface area contributed by atoms with Crippen molar-refractivity contribution in [2.24, 2.45) is 0 Å². The van der Waals surface area contributed by atoms with Crippen LogP contribution in [0.3, 0.4) is 0 Å². The van der Waals surface area contributed by atoms with Crippen LogP contribution in [0.5, 0.6) is 11.5 Å². The third kappa shape index (κ3) is 4.84. The van der Waals surface area contributed by atoms with E-state index in [4.69, 9.17) is 21.1 Å². The largest absolute Gasteiger partial charge is 0.493 e. The van der Waals surface area contributed by atoms with Gasteiger partial charge in [-0.25, -0.2) is 4.39 Å². The lowest BCUT2D eigenvalue weighted by Gasteiger charge is -2.16. The van der Waals surface area contributed by atoms with Crippen LogP contribution in [0.25, 0.3) is 0 Å². The Balaban J connectivity index is 2.18. The second-order valence-corrected chi connectivity index (χ2v) is 5.82. The average molecular weight is 354 g/mol. The van der Waals surface area contributed by atoms with Crippen LogP contribution in [0.4, 0.5) is 4.39 Å². The van der Waals surface area contributed by atoms with Crippen molar-refractivity contribution in [1.82, 2.24) is 5.32 Å². The number of hydrogen-bond acceptors (Lipinski definition) is 4. The summed E-state index contributed by atoms with van der Waals surface area (Å²) in [5, 5.41) is 12.8. The van der Waals surface area contributed by atoms with E-state index in [9.17, 15) is 9.50 Å². The smallest absolute Gasteiger partial charge is 0.166 e. The molecule has 0 bridgehead atoms. The molecule has 2 aromatic rings. The molecule has 2 rings (SSSR count). The first-order valence-corrected chi connectivity index (χ1v) is 8.01. The molecule has 0 radical (unpaired) electrons. The lowest BCUT2D eigenvalue weighted by Crippen LogP contribution is -2.24. The number of ether oxygens (including phenoxy) is 2. The Morgan fingerprint density at radius 2 is 2.00 bits per heavy atom. The molecule has 0 aromatic heterocycles. The molecule has 0 spiro atoms. The van der Waals surface area contributed by atoms with Gasteiger partial charge in [0, 0.05) is 24.2 Å². The molecule has 2 N–H and O–H groups in total. The van der Waals surface area contributed by atoms with Crippen LogP contribution >= 0.6 is 11.6 Å². The van der Waals surface area contributed by atoms with Gasteiger partial charge in [0.1, 0.15) is 12.4 Å². The molecule has 0 amide bonds. The fourth-order valence-corrected chi connectivity index (χ4v) is 2.47. The Morgan fingerprint density at radius 1 is 1.25 bits per heavy atom. The molecule has 0 fully saturated rings. The standard InChI is InChI=1S/C18H21ClFNO3/c1-12(22)9-21-10-13-5-3-8-17(23-2)18(13)24-11-14-15(19)6-4-7-16(14)20/h3-8,12,21-22H,9-11H2,1-2H3/t12-/m1/s1. The monoisotopic (exact) mass is 353 g/mol. The van der Waals surface area contributed by atoms with Crippen LogP contribution in [0.15, 0.2) is 36.4 Å². The molecule has 24 heavy (non-hydrogen) atoms. The van der Waals surface area contributed by atoms with Gasteiger partial charge in [0.05, 0.1) is 18.2 Å². The SMILES string of the molecule is COc1cccc(CNC[C@@H](C)O)c1OCc1c(F)cccc1Cl. The molecule has 0 aliphatic carbocycles. The summed E-state index contributed by atoms with van der Waals surface area (Å²) in [5.41, 5.74) is 1.15. The molecule has 4 nitrogen and oxygen atoms in total. The van der Waals surface area contributed by atoms with Crippen molar-refractivity contribution in [3.63, 3.8) is 0 Å². The van der Waals surface area contributed by atoms with Gasteiger partial charge in [-0.3, -0.25) is 0 Å². The number of halogens is 2. The second-order valence-electron chi connectivity index (χ2n) is 5.42. The third-order valence-electron chi connectivity index (χ3n) is 3.46. The first kappa shape index (κ1) is 18.5. The molecule has 0 unspecified atom stereocenters. The van der Waals surface area contributed by atoms with E-state index in [0.29, 0.717) is 35.2 Å². The summed E-state index contributed by atoms with van der Waals surface area (Å²) in [5.74, 6) is 0.669. The summed E-state index contributed by atoms with van der Waals surface area (Å²) in [7, 11) is 1.55. The van der Waals surface area contributed by atoms with Gasteiger partial charge in [-0.2, -0.15) is 0 Å². The summed E-state index contributed by atoms with van der Waals surface area (Å²) in [6.07, 6.45) is -0.447. The molecule has 0 heterocycles. The average Bonchev–Trinajstić information content (AvgIpc) is 2.54. The Morgan fingerprint density at radius 3 is 2.67 bits per heavy atom. The number of benzene rings is 2. The van der Waals surface area contributed by atoms with Gasteiger partial charge >= 0.3 is 0 Å². The molecule has 0 aliphatic rings. The molecule has 0 aliphatic heterocycles. The van der Waals surface area contributed by atoms with Crippen molar-refractivity contribution in [2.75, 3.05) is 13.7 Å². The van der Waals surface area contributed by atoms with E-state index >= 15 is 0 Å². The van der Waals surface area contributed by atoms with Crippen LogP contribution in [0.1, 0.15) is 18.1 Å². The van der Waals surface area contributed by atoms with E-state index in [1.165, 1.54) is 6.07 Å². The number of hydrogen-bond donors (Lipinski definition) is 2. The third-order valence-corrected chi connectivity index (χ3v) is 3.81. The van der Waals surface area contributed by atoms with Gasteiger partial charge in [0.25, 0.3) is 0 Å². The molecule has 0 saturated carbocycles. The van der Waals surface area contributed by atoms with Crippen molar-refractivity contribution in [3.05, 3.63) is 58.4 Å². The van der Waals surface area contributed by atoms with E-state index < -0.39 is 11.9 Å². The van der Waals surface area contributed by atoms with Crippen LogP contribution in [-0.4, -0.2) is 24.9 Å². The zero-order valence-corrected chi connectivity index (χ0v) is 14.4. The first-order valence-electron chi connectivity index (χ1n) is 7.63. The van der Waals surface area contributed by atoms with Crippen LogP contribution in [0.2, 0.25) is 5.02 Å². The Kier molecular flexibility index (Phi) is 6.85.